The predicted molar refractivity (Wildman–Crippen MR) is 154 cm³/mol. The van der Waals surface area contributed by atoms with Gasteiger partial charge in [-0.15, -0.1) is 0 Å². The van der Waals surface area contributed by atoms with Gasteiger partial charge in [-0.3, -0.25) is 4.79 Å². The number of para-hydroxylation sites is 1. The maximum absolute atomic E-state index is 12.0. The van der Waals surface area contributed by atoms with Gasteiger partial charge in [-0.2, -0.15) is 10.1 Å². The molecule has 3 aromatic carbocycles. The van der Waals surface area contributed by atoms with Crippen molar-refractivity contribution in [3.63, 3.8) is 0 Å². The lowest BCUT2D eigenvalue weighted by Crippen LogP contribution is -2.31. The van der Waals surface area contributed by atoms with E-state index < -0.39 is 18.2 Å². The zero-order chi connectivity index (χ0) is 27.3. The van der Waals surface area contributed by atoms with Crippen molar-refractivity contribution >= 4 is 23.7 Å². The first-order valence-electron chi connectivity index (χ1n) is 13.1. The number of hydrogen-bond donors (Lipinski definition) is 2. The molecule has 8 nitrogen and oxygen atoms in total. The molecule has 0 aliphatic carbocycles. The first-order valence-corrected chi connectivity index (χ1v) is 13.1. The topological polar surface area (TPSA) is 102 Å². The zero-order valence-corrected chi connectivity index (χ0v) is 21.6. The van der Waals surface area contributed by atoms with Crippen LogP contribution in [-0.4, -0.2) is 43.0 Å². The molecule has 1 saturated heterocycles. The first kappa shape index (κ1) is 25.2. The van der Waals surface area contributed by atoms with Crippen LogP contribution in [0.4, 0.5) is 11.6 Å². The number of rotatable bonds is 7. The molecule has 40 heavy (non-hydrogen) atoms. The number of cyclic esters (lactones) is 1. The molecule has 6 rings (SSSR count). The molecule has 0 spiro atoms. The van der Waals surface area contributed by atoms with E-state index in [1.54, 1.807) is 6.20 Å². The highest BCUT2D eigenvalue weighted by molar-refractivity contribution is 5.84. The smallest absolute Gasteiger partial charge is 0.309 e. The summed E-state index contributed by atoms with van der Waals surface area (Å²) in [7, 11) is 0. The number of hydrogen-bond acceptors (Lipinski definition) is 7. The van der Waals surface area contributed by atoms with Gasteiger partial charge in [0, 0.05) is 41.1 Å². The van der Waals surface area contributed by atoms with Crippen LogP contribution >= 0.6 is 0 Å². The summed E-state index contributed by atoms with van der Waals surface area (Å²) in [5.41, 5.74) is 5.15. The molecule has 0 bridgehead atoms. The zero-order valence-electron chi connectivity index (χ0n) is 21.6. The van der Waals surface area contributed by atoms with Crippen molar-refractivity contribution in [1.29, 1.82) is 0 Å². The highest BCUT2D eigenvalue weighted by atomic mass is 16.5. The fourth-order valence-electron chi connectivity index (χ4n) is 4.75. The summed E-state index contributed by atoms with van der Waals surface area (Å²) in [6, 6.07) is 31.4. The molecule has 2 atom stereocenters. The highest BCUT2D eigenvalue weighted by Crippen LogP contribution is 2.35. The van der Waals surface area contributed by atoms with Crippen LogP contribution < -0.4 is 5.32 Å². The molecule has 1 aliphatic heterocycles. The molecule has 0 radical (unpaired) electrons. The highest BCUT2D eigenvalue weighted by Gasteiger charge is 2.26. The van der Waals surface area contributed by atoms with Crippen molar-refractivity contribution in [2.75, 3.05) is 5.32 Å². The van der Waals surface area contributed by atoms with E-state index in [1.807, 2.05) is 114 Å². The maximum Gasteiger partial charge on any atom is 0.309 e. The fourth-order valence-corrected chi connectivity index (χ4v) is 4.75. The van der Waals surface area contributed by atoms with E-state index >= 15 is 0 Å². The van der Waals surface area contributed by atoms with Crippen molar-refractivity contribution < 1.29 is 14.6 Å². The molecule has 0 saturated carbocycles. The van der Waals surface area contributed by atoms with Gasteiger partial charge in [0.15, 0.2) is 5.82 Å². The quantitative estimate of drug-likeness (QED) is 0.256. The van der Waals surface area contributed by atoms with E-state index in [0.717, 1.165) is 33.8 Å². The van der Waals surface area contributed by atoms with E-state index in [-0.39, 0.29) is 6.42 Å². The molecule has 2 aromatic heterocycles. The Labute approximate surface area is 231 Å². The summed E-state index contributed by atoms with van der Waals surface area (Å²) in [6.45, 7) is 0. The average molecular weight is 530 g/mol. The lowest BCUT2D eigenvalue weighted by Gasteiger charge is -2.23. The first-order chi connectivity index (χ1) is 19.6. The third kappa shape index (κ3) is 5.52. The summed E-state index contributed by atoms with van der Waals surface area (Å²) < 4.78 is 7.31. The fraction of sp³-hybridized carbons (Fsp3) is 0.125. The Morgan fingerprint density at radius 3 is 2.27 bits per heavy atom. The molecular weight excluding hydrogens is 502 g/mol. The number of carbonyl (C=O) groups is 1. The number of ether oxygens (including phenoxy) is 1. The lowest BCUT2D eigenvalue weighted by molar-refractivity contribution is -0.156. The Morgan fingerprint density at radius 2 is 1.57 bits per heavy atom. The predicted octanol–water partition coefficient (Wildman–Crippen LogP) is 5.82. The van der Waals surface area contributed by atoms with Crippen LogP contribution in [0.15, 0.2) is 109 Å². The third-order valence-corrected chi connectivity index (χ3v) is 6.57. The van der Waals surface area contributed by atoms with Crippen molar-refractivity contribution in [2.45, 2.75) is 25.0 Å². The Morgan fingerprint density at radius 1 is 0.900 bits per heavy atom. The van der Waals surface area contributed by atoms with E-state index in [4.69, 9.17) is 14.8 Å². The lowest BCUT2D eigenvalue weighted by atomic mass is 9.99. The van der Waals surface area contributed by atoms with Gasteiger partial charge in [-0.1, -0.05) is 84.9 Å². The maximum atomic E-state index is 12.0. The van der Waals surface area contributed by atoms with Crippen LogP contribution in [0.1, 0.15) is 18.4 Å². The van der Waals surface area contributed by atoms with Gasteiger partial charge in [0.2, 0.25) is 5.95 Å². The van der Waals surface area contributed by atoms with E-state index in [2.05, 4.69) is 10.3 Å². The Bertz CT molecular complexity index is 1640. The van der Waals surface area contributed by atoms with Crippen molar-refractivity contribution in [2.24, 2.45) is 0 Å². The van der Waals surface area contributed by atoms with Gasteiger partial charge in [0.25, 0.3) is 0 Å². The van der Waals surface area contributed by atoms with Gasteiger partial charge in [0.1, 0.15) is 11.8 Å². The minimum atomic E-state index is -0.725. The van der Waals surface area contributed by atoms with E-state index in [9.17, 15) is 9.90 Å². The number of aromatic nitrogens is 4. The van der Waals surface area contributed by atoms with Gasteiger partial charge in [0.05, 0.1) is 18.2 Å². The molecule has 2 N–H and O–H groups in total. The number of esters is 1. The molecule has 5 aromatic rings. The third-order valence-electron chi connectivity index (χ3n) is 6.57. The number of aliphatic hydroxyl groups is 1. The number of anilines is 2. The minimum absolute atomic E-state index is 0.0138. The van der Waals surface area contributed by atoms with Gasteiger partial charge < -0.3 is 15.2 Å². The van der Waals surface area contributed by atoms with Crippen LogP contribution in [-0.2, 0) is 9.53 Å². The molecule has 198 valence electrons. The largest absolute Gasteiger partial charge is 0.458 e. The van der Waals surface area contributed by atoms with Crippen LogP contribution in [0.2, 0.25) is 0 Å². The SMILES string of the molecule is O=C1C[C@H](O)C[C@@H](C=Cc2c(-c3ccccc3)nn(-c3ccnc(Nc4ccccc4)n3)c2-c2ccccc2)O1. The monoisotopic (exact) mass is 529 g/mol. The number of carbonyl (C=O) groups excluding carboxylic acids is 1. The van der Waals surface area contributed by atoms with Gasteiger partial charge in [-0.05, 0) is 18.2 Å². The van der Waals surface area contributed by atoms with Gasteiger partial charge in [-0.25, -0.2) is 9.67 Å². The average Bonchev–Trinajstić information content (AvgIpc) is 3.37. The van der Waals surface area contributed by atoms with Crippen molar-refractivity contribution in [1.82, 2.24) is 19.7 Å². The van der Waals surface area contributed by atoms with Crippen molar-refractivity contribution in [3.05, 3.63) is 115 Å². The van der Waals surface area contributed by atoms with E-state index in [1.165, 1.54) is 0 Å². The van der Waals surface area contributed by atoms with Gasteiger partial charge >= 0.3 is 5.97 Å². The van der Waals surface area contributed by atoms with Crippen LogP contribution in [0, 0.1) is 0 Å². The number of nitrogens with zero attached hydrogens (tertiary/aromatic N) is 4. The number of nitrogens with one attached hydrogen (secondary N) is 1. The van der Waals surface area contributed by atoms with Crippen molar-refractivity contribution in [3.8, 4) is 28.3 Å². The minimum Gasteiger partial charge on any atom is -0.458 e. The Balaban J connectivity index is 1.50. The Hall–Kier alpha value is -5.08. The number of aliphatic hydroxyl groups excluding tert-OH is 1. The summed E-state index contributed by atoms with van der Waals surface area (Å²) in [4.78, 5) is 21.2. The Kier molecular flexibility index (Phi) is 7.15. The molecule has 3 heterocycles. The summed E-state index contributed by atoms with van der Waals surface area (Å²) >= 11 is 0. The molecule has 1 aliphatic rings. The second kappa shape index (κ2) is 11.3. The molecule has 1 fully saturated rings. The summed E-state index contributed by atoms with van der Waals surface area (Å²) in [5, 5.41) is 18.4. The number of benzene rings is 3. The normalized spacial score (nSPS) is 17.1. The second-order valence-electron chi connectivity index (χ2n) is 9.47. The second-order valence-corrected chi connectivity index (χ2v) is 9.47. The summed E-state index contributed by atoms with van der Waals surface area (Å²) in [6.07, 6.45) is 4.55. The summed E-state index contributed by atoms with van der Waals surface area (Å²) in [5.74, 6) is 0.624. The van der Waals surface area contributed by atoms with E-state index in [0.29, 0.717) is 18.2 Å². The van der Waals surface area contributed by atoms with Crippen LogP contribution in [0.3, 0.4) is 0 Å². The van der Waals surface area contributed by atoms with Crippen LogP contribution in [0.5, 0.6) is 0 Å². The molecule has 0 unspecified atom stereocenters. The molecule has 8 heteroatoms. The molecule has 0 amide bonds. The van der Waals surface area contributed by atoms with Crippen LogP contribution in [0.25, 0.3) is 34.4 Å². The standard InChI is InChI=1S/C32H27N5O3/c38-25-20-26(40-29(39)21-25)16-17-27-30(22-10-4-1-5-11-22)36-37(31(27)23-12-6-2-7-13-23)28-18-19-33-32(35-28)34-24-14-8-3-9-15-24/h1-19,25-26,38H,20-21H2,(H,33,34,35)/t25-,26-/m1/s1. The molecular formula is C32H27N5O3.